The molecule has 0 aromatic heterocycles. The van der Waals surface area contributed by atoms with Crippen molar-refractivity contribution in [2.45, 2.75) is 12.5 Å². The summed E-state index contributed by atoms with van der Waals surface area (Å²) in [4.78, 5) is 24.1. The summed E-state index contributed by atoms with van der Waals surface area (Å²) in [5, 5.41) is 11.7. The summed E-state index contributed by atoms with van der Waals surface area (Å²) in [6, 6.07) is 12.6. The molecule has 2 rings (SSSR count). The zero-order valence-electron chi connectivity index (χ0n) is 14.7. The molecule has 0 fully saturated rings. The molecule has 0 bridgehead atoms. The number of carboxylic acids is 1. The summed E-state index contributed by atoms with van der Waals surface area (Å²) in [7, 11) is -3.35. The lowest BCUT2D eigenvalue weighted by molar-refractivity contribution is -0.139. The van der Waals surface area contributed by atoms with E-state index in [1.54, 1.807) is 12.1 Å². The van der Waals surface area contributed by atoms with Crippen LogP contribution in [0, 0.1) is 12.3 Å². The summed E-state index contributed by atoms with van der Waals surface area (Å²) in [6.45, 7) is 0. The van der Waals surface area contributed by atoms with E-state index in [0.717, 1.165) is 11.8 Å². The van der Waals surface area contributed by atoms with Gasteiger partial charge in [-0.3, -0.25) is 4.79 Å². The monoisotopic (exact) mass is 385 g/mol. The van der Waals surface area contributed by atoms with E-state index in [9.17, 15) is 23.1 Å². The molecule has 0 radical (unpaired) electrons. The van der Waals surface area contributed by atoms with Crippen LogP contribution in [-0.4, -0.2) is 43.5 Å². The predicted octanol–water partition coefficient (Wildman–Crippen LogP) is 1.95. The topological polar surface area (TPSA) is 101 Å². The van der Waals surface area contributed by atoms with E-state index < -0.39 is 27.8 Å². The minimum atomic E-state index is -3.35. The van der Waals surface area contributed by atoms with Gasteiger partial charge in [-0.05, 0) is 35.7 Å². The van der Waals surface area contributed by atoms with Crippen LogP contribution in [0.25, 0.3) is 11.1 Å². The molecule has 27 heavy (non-hydrogen) atoms. The number of carbonyl (C=O) groups is 2. The number of benzene rings is 2. The molecule has 1 amide bonds. The summed E-state index contributed by atoms with van der Waals surface area (Å²) < 4.78 is 22.6. The van der Waals surface area contributed by atoms with Gasteiger partial charge in [-0.1, -0.05) is 36.3 Å². The Balaban J connectivity index is 2.35. The predicted molar refractivity (Wildman–Crippen MR) is 103 cm³/mol. The van der Waals surface area contributed by atoms with Gasteiger partial charge in [0.2, 0.25) is 0 Å². The van der Waals surface area contributed by atoms with Gasteiger partial charge < -0.3 is 10.4 Å². The Hall–Kier alpha value is -3.11. The molecule has 2 aromatic rings. The maximum absolute atomic E-state index is 12.7. The number of rotatable bonds is 7. The number of carbonyl (C=O) groups excluding carboxylic acids is 1. The first-order chi connectivity index (χ1) is 12.7. The standard InChI is InChI=1S/C20H19NO5S/c1-3-14-9-10-16(17(13-14)15-7-5-4-6-8-15)19(22)21-18(20(23)24)11-12-27(2,25)26/h1,4-10,13,18H,11-12H2,2H3,(H,21,22)(H,23,24). The van der Waals surface area contributed by atoms with Crippen LogP contribution >= 0.6 is 0 Å². The van der Waals surface area contributed by atoms with Crippen molar-refractivity contribution in [3.8, 4) is 23.5 Å². The molecule has 0 aliphatic carbocycles. The third-order valence-corrected chi connectivity index (χ3v) is 4.87. The van der Waals surface area contributed by atoms with Crippen molar-refractivity contribution in [3.05, 3.63) is 59.7 Å². The number of amides is 1. The highest BCUT2D eigenvalue weighted by atomic mass is 32.2. The van der Waals surface area contributed by atoms with Gasteiger partial charge in [-0.2, -0.15) is 0 Å². The first-order valence-electron chi connectivity index (χ1n) is 8.09. The molecular weight excluding hydrogens is 366 g/mol. The lowest BCUT2D eigenvalue weighted by Gasteiger charge is -2.16. The van der Waals surface area contributed by atoms with Gasteiger partial charge in [0.25, 0.3) is 5.91 Å². The van der Waals surface area contributed by atoms with Crippen molar-refractivity contribution in [3.63, 3.8) is 0 Å². The molecule has 0 heterocycles. The molecule has 6 nitrogen and oxygen atoms in total. The highest BCUT2D eigenvalue weighted by Crippen LogP contribution is 2.25. The first kappa shape index (κ1) is 20.2. The normalized spacial score (nSPS) is 12.0. The SMILES string of the molecule is C#Cc1ccc(C(=O)NC(CCS(C)(=O)=O)C(=O)O)c(-c2ccccc2)c1. The summed E-state index contributed by atoms with van der Waals surface area (Å²) in [5.41, 5.74) is 2.15. The van der Waals surface area contributed by atoms with Crippen molar-refractivity contribution < 1.29 is 23.1 Å². The fourth-order valence-corrected chi connectivity index (χ4v) is 3.18. The molecule has 0 saturated carbocycles. The van der Waals surface area contributed by atoms with Crippen LogP contribution in [-0.2, 0) is 14.6 Å². The largest absolute Gasteiger partial charge is 0.480 e. The number of terminal acetylenes is 1. The van der Waals surface area contributed by atoms with Crippen LogP contribution in [0.1, 0.15) is 22.3 Å². The molecule has 0 spiro atoms. The van der Waals surface area contributed by atoms with Crippen LogP contribution in [0.5, 0.6) is 0 Å². The summed E-state index contributed by atoms with van der Waals surface area (Å²) in [5.74, 6) is 0.255. The number of carboxylic acid groups (broad SMARTS) is 1. The fraction of sp³-hybridized carbons (Fsp3) is 0.200. The highest BCUT2D eigenvalue weighted by molar-refractivity contribution is 7.90. The van der Waals surface area contributed by atoms with Crippen molar-refractivity contribution in [1.82, 2.24) is 5.32 Å². The Morgan fingerprint density at radius 1 is 1.19 bits per heavy atom. The molecule has 7 heteroatoms. The Labute approximate surface area is 158 Å². The number of hydrogen-bond donors (Lipinski definition) is 2. The minimum absolute atomic E-state index is 0.219. The molecule has 1 unspecified atom stereocenters. The molecular formula is C20H19NO5S. The Morgan fingerprint density at radius 3 is 2.41 bits per heavy atom. The average molecular weight is 385 g/mol. The van der Waals surface area contributed by atoms with E-state index >= 15 is 0 Å². The van der Waals surface area contributed by atoms with Crippen molar-refractivity contribution in [2.24, 2.45) is 0 Å². The quantitative estimate of drug-likeness (QED) is 0.710. The van der Waals surface area contributed by atoms with Gasteiger partial charge in [0.1, 0.15) is 15.9 Å². The van der Waals surface area contributed by atoms with Crippen LogP contribution < -0.4 is 5.32 Å². The number of aliphatic carboxylic acids is 1. The van der Waals surface area contributed by atoms with E-state index in [0.29, 0.717) is 11.1 Å². The van der Waals surface area contributed by atoms with Crippen LogP contribution in [0.3, 0.4) is 0 Å². The van der Waals surface area contributed by atoms with Crippen LogP contribution in [0.15, 0.2) is 48.5 Å². The zero-order valence-corrected chi connectivity index (χ0v) is 15.5. The molecule has 0 aliphatic heterocycles. The van der Waals surface area contributed by atoms with Crippen LogP contribution in [0.2, 0.25) is 0 Å². The molecule has 0 aliphatic rings. The molecule has 140 valence electrons. The summed E-state index contributed by atoms with van der Waals surface area (Å²) in [6.07, 6.45) is 6.23. The Bertz CT molecular complexity index is 991. The highest BCUT2D eigenvalue weighted by Gasteiger charge is 2.23. The van der Waals surface area contributed by atoms with Gasteiger partial charge in [-0.15, -0.1) is 6.42 Å². The van der Waals surface area contributed by atoms with Gasteiger partial charge in [-0.25, -0.2) is 13.2 Å². The second kappa shape index (κ2) is 8.52. The van der Waals surface area contributed by atoms with Gasteiger partial charge in [0.15, 0.2) is 0 Å². The maximum atomic E-state index is 12.7. The smallest absolute Gasteiger partial charge is 0.326 e. The van der Waals surface area contributed by atoms with Crippen molar-refractivity contribution in [2.75, 3.05) is 12.0 Å². The minimum Gasteiger partial charge on any atom is -0.480 e. The van der Waals surface area contributed by atoms with E-state index in [2.05, 4.69) is 11.2 Å². The lowest BCUT2D eigenvalue weighted by atomic mass is 9.96. The number of hydrogen-bond acceptors (Lipinski definition) is 4. The Morgan fingerprint density at radius 2 is 1.85 bits per heavy atom. The van der Waals surface area contributed by atoms with E-state index in [-0.39, 0.29) is 17.7 Å². The van der Waals surface area contributed by atoms with Crippen molar-refractivity contribution in [1.29, 1.82) is 0 Å². The molecule has 2 aromatic carbocycles. The van der Waals surface area contributed by atoms with Gasteiger partial charge in [0, 0.05) is 17.4 Å². The third kappa shape index (κ3) is 5.69. The van der Waals surface area contributed by atoms with Gasteiger partial charge in [0.05, 0.1) is 5.75 Å². The van der Waals surface area contributed by atoms with Gasteiger partial charge >= 0.3 is 5.97 Å². The number of sulfone groups is 1. The maximum Gasteiger partial charge on any atom is 0.326 e. The average Bonchev–Trinajstić information content (AvgIpc) is 2.64. The zero-order chi connectivity index (χ0) is 20.0. The van der Waals surface area contributed by atoms with Crippen molar-refractivity contribution >= 4 is 21.7 Å². The van der Waals surface area contributed by atoms with E-state index in [4.69, 9.17) is 6.42 Å². The number of nitrogens with one attached hydrogen (secondary N) is 1. The fourth-order valence-electron chi connectivity index (χ4n) is 2.51. The third-order valence-electron chi connectivity index (χ3n) is 3.90. The first-order valence-corrected chi connectivity index (χ1v) is 10.1. The van der Waals surface area contributed by atoms with E-state index in [1.165, 1.54) is 6.07 Å². The molecule has 1 atom stereocenters. The lowest BCUT2D eigenvalue weighted by Crippen LogP contribution is -2.42. The van der Waals surface area contributed by atoms with Crippen LogP contribution in [0.4, 0.5) is 0 Å². The molecule has 0 saturated heterocycles. The summed E-state index contributed by atoms with van der Waals surface area (Å²) >= 11 is 0. The second-order valence-corrected chi connectivity index (χ2v) is 8.31. The van der Waals surface area contributed by atoms with E-state index in [1.807, 2.05) is 30.3 Å². The molecule has 2 N–H and O–H groups in total. The Kier molecular flexibility index (Phi) is 6.37. The second-order valence-electron chi connectivity index (χ2n) is 6.05.